The molecule has 0 saturated heterocycles. The lowest BCUT2D eigenvalue weighted by molar-refractivity contribution is 0.415. The number of methoxy groups -OCH3 is 1. The number of hydrogen-bond acceptors (Lipinski definition) is 3. The Labute approximate surface area is 125 Å². The van der Waals surface area contributed by atoms with Crippen molar-refractivity contribution in [3.63, 3.8) is 0 Å². The Morgan fingerprint density at radius 1 is 1.24 bits per heavy atom. The lowest BCUT2D eigenvalue weighted by Gasteiger charge is -2.11. The van der Waals surface area contributed by atoms with E-state index in [-0.39, 0.29) is 17.7 Å². The average molecular weight is 309 g/mol. The Bertz CT molecular complexity index is 690. The van der Waals surface area contributed by atoms with E-state index < -0.39 is 11.6 Å². The zero-order chi connectivity index (χ0) is 15.4. The summed E-state index contributed by atoms with van der Waals surface area (Å²) in [7, 11) is 1.48. The Morgan fingerprint density at radius 2 is 1.90 bits per heavy atom. The number of nitriles is 1. The van der Waals surface area contributed by atoms with Crippen LogP contribution in [0.25, 0.3) is 0 Å². The van der Waals surface area contributed by atoms with E-state index in [1.807, 2.05) is 0 Å². The van der Waals surface area contributed by atoms with Crippen LogP contribution in [0.4, 0.5) is 14.5 Å². The van der Waals surface area contributed by atoms with Gasteiger partial charge in [0.15, 0.2) is 0 Å². The van der Waals surface area contributed by atoms with Crippen LogP contribution >= 0.6 is 11.6 Å². The van der Waals surface area contributed by atoms with E-state index in [0.29, 0.717) is 16.5 Å². The van der Waals surface area contributed by atoms with E-state index in [0.717, 1.165) is 12.1 Å². The molecule has 0 spiro atoms. The van der Waals surface area contributed by atoms with Crippen LogP contribution in [0.1, 0.15) is 11.1 Å². The summed E-state index contributed by atoms with van der Waals surface area (Å²) in [6.07, 6.45) is 0. The van der Waals surface area contributed by atoms with Crippen molar-refractivity contribution in [2.45, 2.75) is 6.54 Å². The van der Waals surface area contributed by atoms with E-state index in [2.05, 4.69) is 5.32 Å². The van der Waals surface area contributed by atoms with Gasteiger partial charge in [-0.3, -0.25) is 0 Å². The normalized spacial score (nSPS) is 10.0. The van der Waals surface area contributed by atoms with Crippen LogP contribution in [0.15, 0.2) is 30.3 Å². The quantitative estimate of drug-likeness (QED) is 0.924. The zero-order valence-electron chi connectivity index (χ0n) is 11.1. The molecule has 0 unspecified atom stereocenters. The first-order chi connectivity index (χ1) is 10.0. The molecule has 0 radical (unpaired) electrons. The van der Waals surface area contributed by atoms with E-state index in [9.17, 15) is 8.78 Å². The second kappa shape index (κ2) is 6.42. The van der Waals surface area contributed by atoms with E-state index >= 15 is 0 Å². The molecule has 1 N–H and O–H groups in total. The van der Waals surface area contributed by atoms with Gasteiger partial charge in [-0.2, -0.15) is 5.26 Å². The molecule has 0 fully saturated rings. The van der Waals surface area contributed by atoms with E-state index in [1.54, 1.807) is 24.3 Å². The van der Waals surface area contributed by atoms with Gasteiger partial charge in [-0.15, -0.1) is 0 Å². The fourth-order valence-corrected chi connectivity index (χ4v) is 1.99. The third kappa shape index (κ3) is 3.41. The molecule has 0 saturated carbocycles. The topological polar surface area (TPSA) is 45.0 Å². The van der Waals surface area contributed by atoms with Crippen molar-refractivity contribution in [2.75, 3.05) is 12.4 Å². The monoisotopic (exact) mass is 308 g/mol. The summed E-state index contributed by atoms with van der Waals surface area (Å²) >= 11 is 5.89. The lowest BCUT2D eigenvalue weighted by Crippen LogP contribution is -2.05. The lowest BCUT2D eigenvalue weighted by atomic mass is 10.1. The molecular formula is C15H11ClF2N2O. The molecule has 6 heteroatoms. The van der Waals surface area contributed by atoms with Crippen molar-refractivity contribution in [1.29, 1.82) is 5.26 Å². The second-order valence-corrected chi connectivity index (χ2v) is 4.64. The van der Waals surface area contributed by atoms with Crippen LogP contribution in [0.3, 0.4) is 0 Å². The number of nitrogens with one attached hydrogen (secondary N) is 1. The number of rotatable bonds is 4. The van der Waals surface area contributed by atoms with Crippen molar-refractivity contribution in [2.24, 2.45) is 0 Å². The van der Waals surface area contributed by atoms with Gasteiger partial charge < -0.3 is 10.1 Å². The molecule has 0 bridgehead atoms. The average Bonchev–Trinajstić information content (AvgIpc) is 2.47. The molecule has 2 rings (SSSR count). The first-order valence-corrected chi connectivity index (χ1v) is 6.38. The Morgan fingerprint density at radius 3 is 2.48 bits per heavy atom. The minimum absolute atomic E-state index is 0.0538. The first-order valence-electron chi connectivity index (χ1n) is 6.00. The Hall–Kier alpha value is -2.32. The molecular weight excluding hydrogens is 298 g/mol. The van der Waals surface area contributed by atoms with E-state index in [1.165, 1.54) is 7.11 Å². The molecule has 2 aromatic carbocycles. The van der Waals surface area contributed by atoms with Gasteiger partial charge in [0.2, 0.25) is 0 Å². The van der Waals surface area contributed by atoms with Crippen LogP contribution in [-0.2, 0) is 6.54 Å². The minimum Gasteiger partial charge on any atom is -0.495 e. The molecule has 2 aromatic rings. The van der Waals surface area contributed by atoms with Crippen LogP contribution in [0, 0.1) is 23.0 Å². The van der Waals surface area contributed by atoms with Crippen molar-refractivity contribution in [3.8, 4) is 11.8 Å². The smallest absolute Gasteiger partial charge is 0.139 e. The maximum Gasteiger partial charge on any atom is 0.139 e. The van der Waals surface area contributed by atoms with Gasteiger partial charge in [-0.05, 0) is 24.3 Å². The summed E-state index contributed by atoms with van der Waals surface area (Å²) < 4.78 is 32.5. The summed E-state index contributed by atoms with van der Waals surface area (Å²) in [6, 6.07) is 8.62. The second-order valence-electron chi connectivity index (χ2n) is 4.23. The van der Waals surface area contributed by atoms with Crippen LogP contribution in [-0.4, -0.2) is 7.11 Å². The molecule has 0 atom stereocenters. The third-order valence-electron chi connectivity index (χ3n) is 2.89. The highest BCUT2D eigenvalue weighted by Crippen LogP contribution is 2.28. The van der Waals surface area contributed by atoms with Crippen LogP contribution in [0.2, 0.25) is 5.02 Å². The summed E-state index contributed by atoms with van der Waals surface area (Å²) in [6.45, 7) is -0.0613. The largest absolute Gasteiger partial charge is 0.495 e. The number of benzene rings is 2. The van der Waals surface area contributed by atoms with Crippen molar-refractivity contribution < 1.29 is 13.5 Å². The maximum atomic E-state index is 13.7. The van der Waals surface area contributed by atoms with Gasteiger partial charge in [0.1, 0.15) is 17.4 Å². The molecule has 0 aromatic heterocycles. The fraction of sp³-hybridized carbons (Fsp3) is 0.133. The third-order valence-corrected chi connectivity index (χ3v) is 3.20. The molecule has 3 nitrogen and oxygen atoms in total. The predicted octanol–water partition coefficient (Wildman–Crippen LogP) is 4.11. The predicted molar refractivity (Wildman–Crippen MR) is 76.4 cm³/mol. The van der Waals surface area contributed by atoms with Gasteiger partial charge in [-0.25, -0.2) is 8.78 Å². The van der Waals surface area contributed by atoms with Gasteiger partial charge in [0.25, 0.3) is 0 Å². The number of ether oxygens (including phenoxy) is 1. The van der Waals surface area contributed by atoms with E-state index in [4.69, 9.17) is 21.6 Å². The van der Waals surface area contributed by atoms with Crippen molar-refractivity contribution in [3.05, 3.63) is 58.1 Å². The van der Waals surface area contributed by atoms with Gasteiger partial charge in [0, 0.05) is 23.9 Å². The highest BCUT2D eigenvalue weighted by molar-refractivity contribution is 6.32. The number of hydrogen-bond donors (Lipinski definition) is 1. The highest BCUT2D eigenvalue weighted by Gasteiger charge is 2.11. The summed E-state index contributed by atoms with van der Waals surface area (Å²) in [5.74, 6) is -1.07. The number of nitrogens with zero attached hydrogens (tertiary/aromatic N) is 1. The van der Waals surface area contributed by atoms with Crippen LogP contribution < -0.4 is 10.1 Å². The first kappa shape index (κ1) is 15.1. The molecule has 0 aliphatic carbocycles. The highest BCUT2D eigenvalue weighted by atomic mass is 35.5. The Balaban J connectivity index is 2.19. The SMILES string of the molecule is COc1cc(NCc2c(F)cc(C#N)cc2F)ccc1Cl. The fourth-order valence-electron chi connectivity index (χ4n) is 1.80. The summed E-state index contributed by atoms with van der Waals surface area (Å²) in [5.41, 5.74) is 0.421. The summed E-state index contributed by atoms with van der Waals surface area (Å²) in [5, 5.41) is 12.0. The molecule has 0 amide bonds. The minimum atomic E-state index is -0.764. The van der Waals surface area contributed by atoms with Crippen molar-refractivity contribution >= 4 is 17.3 Å². The van der Waals surface area contributed by atoms with Crippen LogP contribution in [0.5, 0.6) is 5.75 Å². The molecule has 0 heterocycles. The van der Waals surface area contributed by atoms with Gasteiger partial charge in [0.05, 0.1) is 23.8 Å². The standard InChI is InChI=1S/C15H11ClF2N2O/c1-21-15-6-10(2-3-12(15)16)20-8-11-13(17)4-9(7-19)5-14(11)18/h2-6,20H,8H2,1H3. The number of anilines is 1. The molecule has 0 aliphatic rings. The number of halogens is 3. The van der Waals surface area contributed by atoms with Crippen molar-refractivity contribution in [1.82, 2.24) is 0 Å². The zero-order valence-corrected chi connectivity index (χ0v) is 11.8. The maximum absolute atomic E-state index is 13.7. The Kier molecular flexibility index (Phi) is 4.61. The molecule has 21 heavy (non-hydrogen) atoms. The molecule has 0 aliphatic heterocycles. The van der Waals surface area contributed by atoms with Gasteiger partial charge >= 0.3 is 0 Å². The van der Waals surface area contributed by atoms with Gasteiger partial charge in [-0.1, -0.05) is 11.6 Å². The summed E-state index contributed by atoms with van der Waals surface area (Å²) in [4.78, 5) is 0. The molecule has 108 valence electrons.